The van der Waals surface area contributed by atoms with Crippen LogP contribution in [0.4, 0.5) is 15.5 Å². The first-order chi connectivity index (χ1) is 12.2. The summed E-state index contributed by atoms with van der Waals surface area (Å²) in [7, 11) is 0. The number of ether oxygens (including phenoxy) is 1. The van der Waals surface area contributed by atoms with Gasteiger partial charge in [-0.05, 0) is 13.0 Å². The summed E-state index contributed by atoms with van der Waals surface area (Å²) in [4.78, 5) is 40.3. The summed E-state index contributed by atoms with van der Waals surface area (Å²) in [5.41, 5.74) is 0. The second kappa shape index (κ2) is 8.00. The zero-order valence-electron chi connectivity index (χ0n) is 14.5. The molecule has 0 radical (unpaired) electrons. The third-order valence-corrected chi connectivity index (χ3v) is 4.46. The van der Waals surface area contributed by atoms with Crippen LogP contribution < -0.4 is 4.90 Å². The molecule has 136 valence electrons. The fourth-order valence-electron chi connectivity index (χ4n) is 3.05. The number of rotatable bonds is 2. The molecule has 0 spiro atoms. The third-order valence-electron chi connectivity index (χ3n) is 4.46. The number of carbonyl (C=O) groups excluding carboxylic acids is 2. The van der Waals surface area contributed by atoms with Crippen LogP contribution in [0.1, 0.15) is 6.92 Å². The molecule has 1 aromatic heterocycles. The standard InChI is InChI=1S/C16H24N6O3/c1-2-25-16(24)22-12-10-21(11-13-22)15(23)20-8-6-19(7-9-20)14-17-4-3-5-18-14/h3-5H,2,6-13H2,1H3. The Kier molecular flexibility index (Phi) is 5.52. The van der Waals surface area contributed by atoms with E-state index in [1.165, 1.54) is 0 Å². The van der Waals surface area contributed by atoms with Crippen molar-refractivity contribution in [2.75, 3.05) is 63.9 Å². The SMILES string of the molecule is CCOC(=O)N1CCN(C(=O)N2CCN(c3ncccn3)CC2)CC1. The highest BCUT2D eigenvalue weighted by molar-refractivity contribution is 5.75. The zero-order chi connectivity index (χ0) is 17.6. The number of urea groups is 1. The van der Waals surface area contributed by atoms with Crippen molar-refractivity contribution in [3.05, 3.63) is 18.5 Å². The minimum Gasteiger partial charge on any atom is -0.450 e. The molecule has 25 heavy (non-hydrogen) atoms. The Morgan fingerprint density at radius 2 is 1.44 bits per heavy atom. The molecule has 0 bridgehead atoms. The molecule has 9 heteroatoms. The fourth-order valence-corrected chi connectivity index (χ4v) is 3.05. The Hall–Kier alpha value is -2.58. The van der Waals surface area contributed by atoms with Crippen LogP contribution in [0.15, 0.2) is 18.5 Å². The third kappa shape index (κ3) is 4.09. The number of piperazine rings is 2. The second-order valence-corrected chi connectivity index (χ2v) is 5.98. The highest BCUT2D eigenvalue weighted by Crippen LogP contribution is 2.13. The van der Waals surface area contributed by atoms with Crippen molar-refractivity contribution >= 4 is 18.1 Å². The first kappa shape index (κ1) is 17.2. The van der Waals surface area contributed by atoms with Gasteiger partial charge in [-0.2, -0.15) is 0 Å². The van der Waals surface area contributed by atoms with E-state index in [0.717, 1.165) is 13.1 Å². The van der Waals surface area contributed by atoms with Crippen molar-refractivity contribution in [3.8, 4) is 0 Å². The maximum Gasteiger partial charge on any atom is 0.409 e. The Labute approximate surface area is 147 Å². The summed E-state index contributed by atoms with van der Waals surface area (Å²) in [6.07, 6.45) is 3.15. The minimum absolute atomic E-state index is 0.0390. The summed E-state index contributed by atoms with van der Waals surface area (Å²) in [5.74, 6) is 0.706. The first-order valence-corrected chi connectivity index (χ1v) is 8.66. The average molecular weight is 348 g/mol. The quantitative estimate of drug-likeness (QED) is 0.774. The summed E-state index contributed by atoms with van der Waals surface area (Å²) < 4.78 is 5.00. The number of hydrogen-bond acceptors (Lipinski definition) is 6. The van der Waals surface area contributed by atoms with Crippen molar-refractivity contribution in [2.24, 2.45) is 0 Å². The van der Waals surface area contributed by atoms with Gasteiger partial charge in [0, 0.05) is 64.8 Å². The predicted octanol–water partition coefficient (Wildman–Crippen LogP) is 0.493. The lowest BCUT2D eigenvalue weighted by atomic mass is 10.3. The van der Waals surface area contributed by atoms with Crippen LogP contribution in [0.5, 0.6) is 0 Å². The van der Waals surface area contributed by atoms with Gasteiger partial charge < -0.3 is 24.3 Å². The Morgan fingerprint density at radius 3 is 2.00 bits per heavy atom. The largest absolute Gasteiger partial charge is 0.450 e. The summed E-state index contributed by atoms with van der Waals surface area (Å²) in [6.45, 7) is 7.01. The topological polar surface area (TPSA) is 82.1 Å². The van der Waals surface area contributed by atoms with Gasteiger partial charge in [0.2, 0.25) is 5.95 Å². The number of aromatic nitrogens is 2. The van der Waals surface area contributed by atoms with E-state index in [9.17, 15) is 9.59 Å². The average Bonchev–Trinajstić information content (AvgIpc) is 2.68. The summed E-state index contributed by atoms with van der Waals surface area (Å²) >= 11 is 0. The Balaban J connectivity index is 1.46. The molecule has 0 saturated carbocycles. The van der Waals surface area contributed by atoms with Gasteiger partial charge in [-0.1, -0.05) is 0 Å². The van der Waals surface area contributed by atoms with Gasteiger partial charge in [-0.15, -0.1) is 0 Å². The molecule has 9 nitrogen and oxygen atoms in total. The van der Waals surface area contributed by atoms with E-state index in [1.54, 1.807) is 30.3 Å². The molecule has 0 aromatic carbocycles. The van der Waals surface area contributed by atoms with Crippen molar-refractivity contribution < 1.29 is 14.3 Å². The lowest BCUT2D eigenvalue weighted by Crippen LogP contribution is -2.57. The molecule has 0 aliphatic carbocycles. The van der Waals surface area contributed by atoms with Crippen LogP contribution in [-0.2, 0) is 4.74 Å². The van der Waals surface area contributed by atoms with Gasteiger partial charge in [0.1, 0.15) is 0 Å². The van der Waals surface area contributed by atoms with Crippen molar-refractivity contribution in [1.82, 2.24) is 24.7 Å². The molecular formula is C16H24N6O3. The van der Waals surface area contributed by atoms with Crippen molar-refractivity contribution in [1.29, 1.82) is 0 Å². The monoisotopic (exact) mass is 348 g/mol. The molecule has 0 unspecified atom stereocenters. The highest BCUT2D eigenvalue weighted by atomic mass is 16.6. The van der Waals surface area contributed by atoms with Crippen LogP contribution in [0.3, 0.4) is 0 Å². The van der Waals surface area contributed by atoms with Gasteiger partial charge in [-0.25, -0.2) is 19.6 Å². The first-order valence-electron chi connectivity index (χ1n) is 8.66. The Morgan fingerprint density at radius 1 is 0.920 bits per heavy atom. The van der Waals surface area contributed by atoms with Gasteiger partial charge in [0.05, 0.1) is 6.61 Å². The molecule has 1 aromatic rings. The van der Waals surface area contributed by atoms with Crippen LogP contribution in [-0.4, -0.2) is 95.8 Å². The molecule has 2 fully saturated rings. The maximum absolute atomic E-state index is 12.7. The van der Waals surface area contributed by atoms with E-state index < -0.39 is 0 Å². The van der Waals surface area contributed by atoms with Crippen LogP contribution in [0, 0.1) is 0 Å². The number of amides is 3. The van der Waals surface area contributed by atoms with E-state index in [4.69, 9.17) is 4.74 Å². The van der Waals surface area contributed by atoms with Gasteiger partial charge in [-0.3, -0.25) is 0 Å². The van der Waals surface area contributed by atoms with E-state index >= 15 is 0 Å². The van der Waals surface area contributed by atoms with Crippen molar-refractivity contribution in [3.63, 3.8) is 0 Å². The van der Waals surface area contributed by atoms with Gasteiger partial charge in [0.25, 0.3) is 0 Å². The normalized spacial score (nSPS) is 18.3. The highest BCUT2D eigenvalue weighted by Gasteiger charge is 2.29. The minimum atomic E-state index is -0.300. The molecular weight excluding hydrogens is 324 g/mol. The number of hydrogen-bond donors (Lipinski definition) is 0. The number of nitrogens with zero attached hydrogens (tertiary/aromatic N) is 6. The molecule has 3 heterocycles. The van der Waals surface area contributed by atoms with Crippen molar-refractivity contribution in [2.45, 2.75) is 6.92 Å². The maximum atomic E-state index is 12.7. The van der Waals surface area contributed by atoms with Gasteiger partial charge >= 0.3 is 12.1 Å². The summed E-state index contributed by atoms with van der Waals surface area (Å²) in [5, 5.41) is 0. The molecule has 2 saturated heterocycles. The van der Waals surface area contributed by atoms with Crippen LogP contribution in [0.25, 0.3) is 0 Å². The Bertz CT molecular complexity index is 583. The molecule has 0 N–H and O–H groups in total. The van der Waals surface area contributed by atoms with E-state index in [1.807, 2.05) is 9.80 Å². The van der Waals surface area contributed by atoms with E-state index in [-0.39, 0.29) is 12.1 Å². The molecule has 0 atom stereocenters. The number of anilines is 1. The zero-order valence-corrected chi connectivity index (χ0v) is 14.5. The summed E-state index contributed by atoms with van der Waals surface area (Å²) in [6, 6.07) is 1.83. The second-order valence-electron chi connectivity index (χ2n) is 5.98. The van der Waals surface area contributed by atoms with E-state index in [2.05, 4.69) is 14.9 Å². The fraction of sp³-hybridized carbons (Fsp3) is 0.625. The lowest BCUT2D eigenvalue weighted by Gasteiger charge is -2.40. The van der Waals surface area contributed by atoms with Crippen LogP contribution >= 0.6 is 0 Å². The molecule has 2 aliphatic rings. The van der Waals surface area contributed by atoms with E-state index in [0.29, 0.717) is 51.8 Å². The van der Waals surface area contributed by atoms with Gasteiger partial charge in [0.15, 0.2) is 0 Å². The molecule has 3 rings (SSSR count). The van der Waals surface area contributed by atoms with Crippen LogP contribution in [0.2, 0.25) is 0 Å². The molecule has 3 amide bonds. The predicted molar refractivity (Wildman–Crippen MR) is 91.4 cm³/mol. The lowest BCUT2D eigenvalue weighted by molar-refractivity contribution is 0.0781. The smallest absolute Gasteiger partial charge is 0.409 e. The molecule has 2 aliphatic heterocycles. The number of carbonyl (C=O) groups is 2.